The van der Waals surface area contributed by atoms with Crippen molar-refractivity contribution < 1.29 is 14.3 Å². The van der Waals surface area contributed by atoms with Gasteiger partial charge in [0.25, 0.3) is 0 Å². The van der Waals surface area contributed by atoms with Crippen LogP contribution in [0.2, 0.25) is 0 Å². The SMILES string of the molecule is CC.CC(C)COC(=O)N1CCC(NC(=O)C2CCC(C(C)C)CC2)CC1. The van der Waals surface area contributed by atoms with Gasteiger partial charge in [0.15, 0.2) is 0 Å². The number of ether oxygens (including phenoxy) is 1. The fourth-order valence-electron chi connectivity index (χ4n) is 3.90. The highest BCUT2D eigenvalue weighted by Gasteiger charge is 2.30. The van der Waals surface area contributed by atoms with E-state index < -0.39 is 0 Å². The lowest BCUT2D eigenvalue weighted by molar-refractivity contribution is -0.127. The molecule has 5 nitrogen and oxygen atoms in total. The van der Waals surface area contributed by atoms with Gasteiger partial charge in [0.05, 0.1) is 6.61 Å². The molecule has 0 bridgehead atoms. The summed E-state index contributed by atoms with van der Waals surface area (Å²) in [6, 6.07) is 0.199. The zero-order valence-electron chi connectivity index (χ0n) is 18.4. The molecule has 2 rings (SSSR count). The molecule has 1 aliphatic heterocycles. The van der Waals surface area contributed by atoms with E-state index in [0.717, 1.165) is 37.5 Å². The Labute approximate surface area is 166 Å². The number of amides is 2. The Morgan fingerprint density at radius 3 is 2.00 bits per heavy atom. The lowest BCUT2D eigenvalue weighted by Gasteiger charge is -2.34. The highest BCUT2D eigenvalue weighted by Crippen LogP contribution is 2.33. The first-order chi connectivity index (χ1) is 12.9. The van der Waals surface area contributed by atoms with Gasteiger partial charge >= 0.3 is 6.09 Å². The highest BCUT2D eigenvalue weighted by atomic mass is 16.6. The van der Waals surface area contributed by atoms with E-state index in [1.165, 1.54) is 12.8 Å². The van der Waals surface area contributed by atoms with E-state index in [1.54, 1.807) is 4.90 Å². The Bertz CT molecular complexity index is 435. The average molecular weight is 383 g/mol. The van der Waals surface area contributed by atoms with Crippen molar-refractivity contribution in [3.63, 3.8) is 0 Å². The van der Waals surface area contributed by atoms with Crippen molar-refractivity contribution in [1.82, 2.24) is 10.2 Å². The van der Waals surface area contributed by atoms with E-state index in [2.05, 4.69) is 19.2 Å². The Morgan fingerprint density at radius 1 is 0.963 bits per heavy atom. The number of carbonyl (C=O) groups excluding carboxylic acids is 2. The van der Waals surface area contributed by atoms with Gasteiger partial charge in [-0.15, -0.1) is 0 Å². The Hall–Kier alpha value is -1.26. The lowest BCUT2D eigenvalue weighted by Crippen LogP contribution is -2.48. The van der Waals surface area contributed by atoms with E-state index >= 15 is 0 Å². The van der Waals surface area contributed by atoms with Crippen molar-refractivity contribution in [3.8, 4) is 0 Å². The maximum Gasteiger partial charge on any atom is 0.409 e. The predicted octanol–water partition coefficient (Wildman–Crippen LogP) is 4.85. The molecule has 27 heavy (non-hydrogen) atoms. The standard InChI is InChI=1S/C20H36N2O3.C2H6/c1-14(2)13-25-20(24)22-11-9-18(10-12-22)21-19(23)17-7-5-16(6-8-17)15(3)4;1-2/h14-18H,5-13H2,1-4H3,(H,21,23);1-2H3. The minimum atomic E-state index is -0.217. The first-order valence-corrected chi connectivity index (χ1v) is 11.1. The summed E-state index contributed by atoms with van der Waals surface area (Å²) in [4.78, 5) is 26.3. The summed E-state index contributed by atoms with van der Waals surface area (Å²) in [5.41, 5.74) is 0. The molecule has 158 valence electrons. The second-order valence-corrected chi connectivity index (χ2v) is 8.60. The second kappa shape index (κ2) is 12.2. The van der Waals surface area contributed by atoms with Gasteiger partial charge in [-0.05, 0) is 56.3 Å². The van der Waals surface area contributed by atoms with E-state index in [1.807, 2.05) is 27.7 Å². The van der Waals surface area contributed by atoms with Gasteiger partial charge in [-0.25, -0.2) is 4.79 Å². The van der Waals surface area contributed by atoms with Crippen molar-refractivity contribution in [2.45, 2.75) is 86.1 Å². The van der Waals surface area contributed by atoms with Crippen LogP contribution in [0.5, 0.6) is 0 Å². The molecule has 2 fully saturated rings. The first-order valence-electron chi connectivity index (χ1n) is 11.1. The van der Waals surface area contributed by atoms with Crippen LogP contribution in [0.15, 0.2) is 0 Å². The quantitative estimate of drug-likeness (QED) is 0.739. The maximum atomic E-state index is 12.5. The lowest BCUT2D eigenvalue weighted by atomic mass is 9.76. The van der Waals surface area contributed by atoms with Crippen LogP contribution in [0.3, 0.4) is 0 Å². The topological polar surface area (TPSA) is 58.6 Å². The van der Waals surface area contributed by atoms with Crippen LogP contribution >= 0.6 is 0 Å². The summed E-state index contributed by atoms with van der Waals surface area (Å²) in [5.74, 6) is 2.27. The van der Waals surface area contributed by atoms with Gasteiger partial charge < -0.3 is 15.0 Å². The minimum absolute atomic E-state index is 0.184. The molecule has 2 aliphatic rings. The molecule has 5 heteroatoms. The number of hydrogen-bond acceptors (Lipinski definition) is 3. The van der Waals surface area contributed by atoms with Crippen molar-refractivity contribution in [2.24, 2.45) is 23.7 Å². The summed E-state index contributed by atoms with van der Waals surface area (Å²) >= 11 is 0. The number of carbonyl (C=O) groups is 2. The number of nitrogens with zero attached hydrogens (tertiary/aromatic N) is 1. The average Bonchev–Trinajstić information content (AvgIpc) is 2.68. The van der Waals surface area contributed by atoms with Crippen LogP contribution in [0.25, 0.3) is 0 Å². The van der Waals surface area contributed by atoms with Gasteiger partial charge in [0.1, 0.15) is 0 Å². The monoisotopic (exact) mass is 382 g/mol. The van der Waals surface area contributed by atoms with Crippen molar-refractivity contribution in [2.75, 3.05) is 19.7 Å². The predicted molar refractivity (Wildman–Crippen MR) is 111 cm³/mol. The molecule has 0 atom stereocenters. The minimum Gasteiger partial charge on any atom is -0.449 e. The van der Waals surface area contributed by atoms with Crippen molar-refractivity contribution in [3.05, 3.63) is 0 Å². The number of likely N-dealkylation sites (tertiary alicyclic amines) is 1. The Balaban J connectivity index is 0.00000176. The van der Waals surface area contributed by atoms with Crippen LogP contribution in [-0.2, 0) is 9.53 Å². The molecule has 1 saturated heterocycles. The Kier molecular flexibility index (Phi) is 10.8. The fourth-order valence-corrected chi connectivity index (χ4v) is 3.90. The van der Waals surface area contributed by atoms with Gasteiger partial charge in [-0.3, -0.25) is 4.79 Å². The molecule has 0 unspecified atom stereocenters. The number of piperidine rings is 1. The maximum absolute atomic E-state index is 12.5. The number of hydrogen-bond donors (Lipinski definition) is 1. The summed E-state index contributed by atoms with van der Waals surface area (Å²) < 4.78 is 5.28. The van der Waals surface area contributed by atoms with Gasteiger partial charge in [-0.2, -0.15) is 0 Å². The van der Waals surface area contributed by atoms with E-state index in [9.17, 15) is 9.59 Å². The van der Waals surface area contributed by atoms with Gasteiger partial charge in [-0.1, -0.05) is 41.5 Å². The largest absolute Gasteiger partial charge is 0.449 e. The van der Waals surface area contributed by atoms with Gasteiger partial charge in [0, 0.05) is 25.0 Å². The zero-order valence-corrected chi connectivity index (χ0v) is 18.4. The van der Waals surface area contributed by atoms with Crippen molar-refractivity contribution in [1.29, 1.82) is 0 Å². The molecular formula is C22H42N2O3. The normalized spacial score (nSPS) is 23.6. The van der Waals surface area contributed by atoms with Crippen LogP contribution in [-0.4, -0.2) is 42.6 Å². The number of rotatable bonds is 5. The molecule has 1 aliphatic carbocycles. The molecule has 1 saturated carbocycles. The molecule has 2 amide bonds. The van der Waals surface area contributed by atoms with Crippen LogP contribution in [0.1, 0.15) is 80.1 Å². The van der Waals surface area contributed by atoms with Crippen molar-refractivity contribution >= 4 is 12.0 Å². The first kappa shape index (κ1) is 23.8. The van der Waals surface area contributed by atoms with Crippen LogP contribution < -0.4 is 5.32 Å². The third-order valence-electron chi connectivity index (χ3n) is 5.73. The van der Waals surface area contributed by atoms with E-state index in [0.29, 0.717) is 25.6 Å². The fraction of sp³-hybridized carbons (Fsp3) is 0.909. The zero-order chi connectivity index (χ0) is 20.4. The summed E-state index contributed by atoms with van der Waals surface area (Å²) in [5, 5.41) is 3.22. The molecule has 1 N–H and O–H groups in total. The molecule has 1 heterocycles. The third kappa shape index (κ3) is 8.10. The molecule has 0 spiro atoms. The van der Waals surface area contributed by atoms with Crippen LogP contribution in [0.4, 0.5) is 4.79 Å². The highest BCUT2D eigenvalue weighted by molar-refractivity contribution is 5.79. The third-order valence-corrected chi connectivity index (χ3v) is 5.73. The van der Waals surface area contributed by atoms with Crippen LogP contribution in [0, 0.1) is 23.7 Å². The van der Waals surface area contributed by atoms with E-state index in [-0.39, 0.29) is 24.0 Å². The second-order valence-electron chi connectivity index (χ2n) is 8.60. The molecule has 0 aromatic heterocycles. The molecule has 0 radical (unpaired) electrons. The number of nitrogens with one attached hydrogen (secondary N) is 1. The van der Waals surface area contributed by atoms with E-state index in [4.69, 9.17) is 4.74 Å². The smallest absolute Gasteiger partial charge is 0.409 e. The molecular weight excluding hydrogens is 340 g/mol. The van der Waals surface area contributed by atoms with Gasteiger partial charge in [0.2, 0.25) is 5.91 Å². The molecule has 0 aromatic carbocycles. The summed E-state index contributed by atoms with van der Waals surface area (Å²) in [6.07, 6.45) is 5.83. The summed E-state index contributed by atoms with van der Waals surface area (Å²) in [6.45, 7) is 14.4. The molecule has 0 aromatic rings. The Morgan fingerprint density at radius 2 is 1.52 bits per heavy atom. The summed E-state index contributed by atoms with van der Waals surface area (Å²) in [7, 11) is 0.